The predicted octanol–water partition coefficient (Wildman–Crippen LogP) is 2.14. The lowest BCUT2D eigenvalue weighted by Crippen LogP contribution is -2.56. The monoisotopic (exact) mass is 268 g/mol. The van der Waals surface area contributed by atoms with Gasteiger partial charge in [-0.05, 0) is 40.0 Å². The fourth-order valence-corrected chi connectivity index (χ4v) is 2.37. The maximum atomic E-state index is 12.2. The Morgan fingerprint density at radius 1 is 1.53 bits per heavy atom. The number of carboxylic acids is 1. The lowest BCUT2D eigenvalue weighted by atomic mass is 9.93. The highest BCUT2D eigenvalue weighted by molar-refractivity contribution is 5.85. The number of hydrogen-bond acceptors (Lipinski definition) is 4. The standard InChI is InChI=1S/C13H20N2O4/c1-5-13(10(16)17)7-6-9(8-14)15(13)11(18)19-12(2,3)4/h9H,5-7H2,1-4H3,(H,16,17)/t9-,13+/m1/s1. The molecule has 106 valence electrons. The number of hydrogen-bond donors (Lipinski definition) is 1. The molecule has 0 aromatic rings. The summed E-state index contributed by atoms with van der Waals surface area (Å²) in [6.07, 6.45) is 0.146. The van der Waals surface area contributed by atoms with E-state index in [4.69, 9.17) is 10.00 Å². The minimum atomic E-state index is -1.33. The lowest BCUT2D eigenvalue weighted by molar-refractivity contribution is -0.150. The molecule has 1 aliphatic rings. The van der Waals surface area contributed by atoms with E-state index in [1.54, 1.807) is 27.7 Å². The molecule has 1 N–H and O–H groups in total. The van der Waals surface area contributed by atoms with Gasteiger partial charge in [-0.25, -0.2) is 9.59 Å². The van der Waals surface area contributed by atoms with Crippen LogP contribution in [-0.2, 0) is 9.53 Å². The number of amides is 1. The summed E-state index contributed by atoms with van der Waals surface area (Å²) in [5.41, 5.74) is -2.06. The Labute approximate surface area is 112 Å². The summed E-state index contributed by atoms with van der Waals surface area (Å²) in [5, 5.41) is 18.5. The van der Waals surface area contributed by atoms with E-state index in [0.717, 1.165) is 4.90 Å². The predicted molar refractivity (Wildman–Crippen MR) is 67.4 cm³/mol. The van der Waals surface area contributed by atoms with Gasteiger partial charge in [-0.15, -0.1) is 0 Å². The third-order valence-corrected chi connectivity index (χ3v) is 3.33. The summed E-state index contributed by atoms with van der Waals surface area (Å²) >= 11 is 0. The minimum absolute atomic E-state index is 0.250. The first kappa shape index (κ1) is 15.3. The van der Waals surface area contributed by atoms with Crippen LogP contribution in [0.25, 0.3) is 0 Å². The molecule has 1 amide bonds. The first-order valence-electron chi connectivity index (χ1n) is 6.33. The van der Waals surface area contributed by atoms with Crippen LogP contribution in [0.4, 0.5) is 4.79 Å². The molecule has 1 rings (SSSR count). The number of rotatable bonds is 2. The van der Waals surface area contributed by atoms with Crippen molar-refractivity contribution in [3.05, 3.63) is 0 Å². The molecule has 0 aliphatic carbocycles. The van der Waals surface area contributed by atoms with Gasteiger partial charge in [0.1, 0.15) is 17.2 Å². The highest BCUT2D eigenvalue weighted by atomic mass is 16.6. The van der Waals surface area contributed by atoms with Gasteiger partial charge in [0.15, 0.2) is 0 Å². The molecule has 1 saturated heterocycles. The smallest absolute Gasteiger partial charge is 0.412 e. The number of nitrogens with zero attached hydrogens (tertiary/aromatic N) is 2. The average Bonchev–Trinajstić information content (AvgIpc) is 2.66. The summed E-state index contributed by atoms with van der Waals surface area (Å²) in [6, 6.07) is 1.24. The van der Waals surface area contributed by atoms with Crippen molar-refractivity contribution in [1.29, 1.82) is 5.26 Å². The second-order valence-corrected chi connectivity index (χ2v) is 5.72. The van der Waals surface area contributed by atoms with Gasteiger partial charge >= 0.3 is 12.1 Å². The van der Waals surface area contributed by atoms with Gasteiger partial charge in [0.05, 0.1) is 6.07 Å². The topological polar surface area (TPSA) is 90.6 Å². The summed E-state index contributed by atoms with van der Waals surface area (Å²) in [7, 11) is 0. The van der Waals surface area contributed by atoms with E-state index in [2.05, 4.69) is 0 Å². The van der Waals surface area contributed by atoms with Crippen LogP contribution in [0.15, 0.2) is 0 Å². The van der Waals surface area contributed by atoms with Gasteiger partial charge in [-0.1, -0.05) is 6.92 Å². The first-order valence-corrected chi connectivity index (χ1v) is 6.33. The molecule has 6 heteroatoms. The van der Waals surface area contributed by atoms with Gasteiger partial charge in [0, 0.05) is 0 Å². The van der Waals surface area contributed by atoms with Crippen LogP contribution in [-0.4, -0.2) is 39.3 Å². The van der Waals surface area contributed by atoms with E-state index in [-0.39, 0.29) is 12.8 Å². The Morgan fingerprint density at radius 2 is 2.11 bits per heavy atom. The Bertz CT molecular complexity index is 421. The number of aliphatic carboxylic acids is 1. The molecule has 1 aliphatic heterocycles. The number of likely N-dealkylation sites (tertiary alicyclic amines) is 1. The molecule has 19 heavy (non-hydrogen) atoms. The SMILES string of the molecule is CC[C@@]1(C(=O)O)CC[C@H](C#N)N1C(=O)OC(C)(C)C. The molecule has 2 atom stereocenters. The van der Waals surface area contributed by atoms with Gasteiger partial charge in [0.25, 0.3) is 0 Å². The molecule has 0 bridgehead atoms. The van der Waals surface area contributed by atoms with Crippen molar-refractivity contribution in [3.63, 3.8) is 0 Å². The third-order valence-electron chi connectivity index (χ3n) is 3.33. The van der Waals surface area contributed by atoms with Crippen LogP contribution < -0.4 is 0 Å². The molecule has 0 aromatic carbocycles. The van der Waals surface area contributed by atoms with Gasteiger partial charge in [-0.3, -0.25) is 4.90 Å². The van der Waals surface area contributed by atoms with Crippen molar-refractivity contribution in [2.24, 2.45) is 0 Å². The number of ether oxygens (including phenoxy) is 1. The van der Waals surface area contributed by atoms with Crippen LogP contribution >= 0.6 is 0 Å². The van der Waals surface area contributed by atoms with E-state index in [0.29, 0.717) is 6.42 Å². The summed E-state index contributed by atoms with van der Waals surface area (Å²) < 4.78 is 5.23. The van der Waals surface area contributed by atoms with E-state index >= 15 is 0 Å². The third kappa shape index (κ3) is 2.80. The summed E-state index contributed by atoms with van der Waals surface area (Å²) in [5.74, 6) is -1.08. The lowest BCUT2D eigenvalue weighted by Gasteiger charge is -2.36. The van der Waals surface area contributed by atoms with Crippen LogP contribution in [0.1, 0.15) is 47.0 Å². The molecule has 1 fully saturated rings. The van der Waals surface area contributed by atoms with Crippen LogP contribution in [0.2, 0.25) is 0 Å². The van der Waals surface area contributed by atoms with E-state index in [9.17, 15) is 14.7 Å². The average molecular weight is 268 g/mol. The molecule has 1 heterocycles. The number of carbonyl (C=O) groups is 2. The molecule has 0 spiro atoms. The zero-order valence-corrected chi connectivity index (χ0v) is 11.8. The molecule has 0 unspecified atom stereocenters. The minimum Gasteiger partial charge on any atom is -0.479 e. The van der Waals surface area contributed by atoms with E-state index in [1.165, 1.54) is 0 Å². The fraction of sp³-hybridized carbons (Fsp3) is 0.769. The second kappa shape index (κ2) is 5.08. The molecular formula is C13H20N2O4. The van der Waals surface area contributed by atoms with Crippen molar-refractivity contribution in [3.8, 4) is 6.07 Å². The Hall–Kier alpha value is -1.77. The fourth-order valence-electron chi connectivity index (χ4n) is 2.37. The zero-order valence-electron chi connectivity index (χ0n) is 11.8. The number of carbonyl (C=O) groups excluding carboxylic acids is 1. The van der Waals surface area contributed by atoms with Crippen molar-refractivity contribution in [2.75, 3.05) is 0 Å². The van der Waals surface area contributed by atoms with Gasteiger partial charge in [0.2, 0.25) is 0 Å². The van der Waals surface area contributed by atoms with Crippen molar-refractivity contribution in [2.45, 2.75) is 64.1 Å². The van der Waals surface area contributed by atoms with Crippen molar-refractivity contribution < 1.29 is 19.4 Å². The molecular weight excluding hydrogens is 248 g/mol. The van der Waals surface area contributed by atoms with E-state index < -0.39 is 29.2 Å². The molecule has 0 saturated carbocycles. The van der Waals surface area contributed by atoms with Gasteiger partial charge in [-0.2, -0.15) is 5.26 Å². The Balaban J connectivity index is 3.12. The second-order valence-electron chi connectivity index (χ2n) is 5.72. The van der Waals surface area contributed by atoms with E-state index in [1.807, 2.05) is 6.07 Å². The van der Waals surface area contributed by atoms with Gasteiger partial charge < -0.3 is 9.84 Å². The molecule has 0 radical (unpaired) electrons. The molecule has 0 aromatic heterocycles. The van der Waals surface area contributed by atoms with Crippen LogP contribution in [0.5, 0.6) is 0 Å². The maximum Gasteiger partial charge on any atom is 0.412 e. The zero-order chi connectivity index (χ0) is 14.8. The van der Waals surface area contributed by atoms with Crippen LogP contribution in [0, 0.1) is 11.3 Å². The van der Waals surface area contributed by atoms with Crippen molar-refractivity contribution in [1.82, 2.24) is 4.90 Å². The number of nitriles is 1. The quantitative estimate of drug-likeness (QED) is 0.828. The number of carboxylic acid groups (broad SMARTS) is 1. The maximum absolute atomic E-state index is 12.2. The first-order chi connectivity index (χ1) is 8.68. The Morgan fingerprint density at radius 3 is 2.47 bits per heavy atom. The highest BCUT2D eigenvalue weighted by Gasteiger charge is 2.54. The normalized spacial score (nSPS) is 26.9. The van der Waals surface area contributed by atoms with Crippen molar-refractivity contribution >= 4 is 12.1 Å². The largest absolute Gasteiger partial charge is 0.479 e. The summed E-state index contributed by atoms with van der Waals surface area (Å²) in [6.45, 7) is 6.81. The van der Waals surface area contributed by atoms with Crippen LogP contribution in [0.3, 0.4) is 0 Å². The Kier molecular flexibility index (Phi) is 4.09. The highest BCUT2D eigenvalue weighted by Crippen LogP contribution is 2.38. The molecule has 6 nitrogen and oxygen atoms in total. The summed E-state index contributed by atoms with van der Waals surface area (Å²) in [4.78, 5) is 24.8.